The van der Waals surface area contributed by atoms with E-state index in [-0.39, 0.29) is 12.1 Å². The minimum atomic E-state index is -0.238. The minimum Gasteiger partial charge on any atom is -0.494 e. The molecule has 5 heteroatoms. The van der Waals surface area contributed by atoms with E-state index in [9.17, 15) is 4.79 Å². The van der Waals surface area contributed by atoms with Crippen LogP contribution in [0.15, 0.2) is 47.1 Å². The van der Waals surface area contributed by atoms with Crippen molar-refractivity contribution in [2.45, 2.75) is 26.3 Å². The fourth-order valence-corrected chi connectivity index (χ4v) is 1.97. The van der Waals surface area contributed by atoms with E-state index in [0.29, 0.717) is 13.0 Å². The summed E-state index contributed by atoms with van der Waals surface area (Å²) in [6.07, 6.45) is 2.28. The van der Waals surface area contributed by atoms with E-state index in [1.165, 1.54) is 0 Å². The molecule has 0 fully saturated rings. The van der Waals surface area contributed by atoms with Gasteiger partial charge < -0.3 is 19.8 Å². The van der Waals surface area contributed by atoms with Crippen LogP contribution in [0.1, 0.15) is 19.6 Å². The second-order valence-electron chi connectivity index (χ2n) is 4.74. The highest BCUT2D eigenvalue weighted by Crippen LogP contribution is 2.15. The molecule has 0 bridgehead atoms. The fourth-order valence-electron chi connectivity index (χ4n) is 1.97. The zero-order valence-electron chi connectivity index (χ0n) is 12.3. The third-order valence-corrected chi connectivity index (χ3v) is 2.89. The summed E-state index contributed by atoms with van der Waals surface area (Å²) < 4.78 is 10.6. The molecule has 0 aliphatic rings. The Labute approximate surface area is 124 Å². The number of amides is 2. The van der Waals surface area contributed by atoms with Gasteiger partial charge in [0.15, 0.2) is 0 Å². The second kappa shape index (κ2) is 7.38. The zero-order chi connectivity index (χ0) is 15.1. The lowest BCUT2D eigenvalue weighted by Gasteiger charge is -2.13. The summed E-state index contributed by atoms with van der Waals surface area (Å²) in [7, 11) is 0. The molecule has 0 aliphatic carbocycles. The number of hydrogen-bond donors (Lipinski definition) is 2. The van der Waals surface area contributed by atoms with Crippen molar-refractivity contribution in [1.29, 1.82) is 0 Å². The van der Waals surface area contributed by atoms with Gasteiger partial charge in [0.1, 0.15) is 11.5 Å². The maximum atomic E-state index is 11.9. The lowest BCUT2D eigenvalue weighted by Crippen LogP contribution is -2.37. The molecule has 0 saturated carbocycles. The average molecular weight is 288 g/mol. The predicted molar refractivity (Wildman–Crippen MR) is 81.6 cm³/mol. The normalized spacial score (nSPS) is 11.7. The van der Waals surface area contributed by atoms with Gasteiger partial charge >= 0.3 is 6.03 Å². The van der Waals surface area contributed by atoms with E-state index in [1.807, 2.05) is 50.2 Å². The number of furan rings is 1. The molecule has 0 saturated heterocycles. The topological polar surface area (TPSA) is 63.5 Å². The van der Waals surface area contributed by atoms with Gasteiger partial charge in [0, 0.05) is 18.2 Å². The van der Waals surface area contributed by atoms with Crippen LogP contribution in [0, 0.1) is 0 Å². The number of nitrogens with one attached hydrogen (secondary N) is 2. The highest BCUT2D eigenvalue weighted by molar-refractivity contribution is 5.89. The Balaban J connectivity index is 1.80. The molecule has 0 spiro atoms. The van der Waals surface area contributed by atoms with Gasteiger partial charge in [0.25, 0.3) is 0 Å². The van der Waals surface area contributed by atoms with Crippen molar-refractivity contribution >= 4 is 11.7 Å². The van der Waals surface area contributed by atoms with Crippen LogP contribution >= 0.6 is 0 Å². The summed E-state index contributed by atoms with van der Waals surface area (Å²) in [5, 5.41) is 5.65. The molecule has 1 heterocycles. The highest BCUT2D eigenvalue weighted by Gasteiger charge is 2.09. The average Bonchev–Trinajstić information content (AvgIpc) is 2.93. The number of carbonyl (C=O) groups is 1. The van der Waals surface area contributed by atoms with E-state index >= 15 is 0 Å². The number of hydrogen-bond acceptors (Lipinski definition) is 3. The Morgan fingerprint density at radius 3 is 2.67 bits per heavy atom. The smallest absolute Gasteiger partial charge is 0.319 e. The van der Waals surface area contributed by atoms with E-state index in [0.717, 1.165) is 17.2 Å². The Kier molecular flexibility index (Phi) is 5.26. The lowest BCUT2D eigenvalue weighted by atomic mass is 10.2. The quantitative estimate of drug-likeness (QED) is 0.856. The van der Waals surface area contributed by atoms with E-state index in [1.54, 1.807) is 6.26 Å². The van der Waals surface area contributed by atoms with Crippen molar-refractivity contribution in [2.24, 2.45) is 0 Å². The van der Waals surface area contributed by atoms with Crippen LogP contribution in [0.3, 0.4) is 0 Å². The van der Waals surface area contributed by atoms with Gasteiger partial charge in [-0.15, -0.1) is 0 Å². The van der Waals surface area contributed by atoms with Gasteiger partial charge in [-0.3, -0.25) is 0 Å². The van der Waals surface area contributed by atoms with Gasteiger partial charge in [-0.2, -0.15) is 0 Å². The molecule has 0 aliphatic heterocycles. The molecule has 1 atom stereocenters. The Hall–Kier alpha value is -2.43. The summed E-state index contributed by atoms with van der Waals surface area (Å²) in [4.78, 5) is 11.9. The largest absolute Gasteiger partial charge is 0.494 e. The summed E-state index contributed by atoms with van der Waals surface area (Å²) in [5.41, 5.74) is 0.723. The zero-order valence-corrected chi connectivity index (χ0v) is 12.3. The molecule has 2 aromatic rings. The molecule has 2 N–H and O–H groups in total. The molecule has 1 aromatic carbocycles. The first-order valence-corrected chi connectivity index (χ1v) is 7.00. The maximum absolute atomic E-state index is 11.9. The first-order valence-electron chi connectivity index (χ1n) is 7.00. The second-order valence-corrected chi connectivity index (χ2v) is 4.74. The van der Waals surface area contributed by atoms with Crippen LogP contribution in [-0.2, 0) is 6.42 Å². The van der Waals surface area contributed by atoms with E-state index in [2.05, 4.69) is 10.6 Å². The van der Waals surface area contributed by atoms with Crippen molar-refractivity contribution in [1.82, 2.24) is 5.32 Å². The van der Waals surface area contributed by atoms with Crippen LogP contribution in [0.4, 0.5) is 10.5 Å². The van der Waals surface area contributed by atoms with Crippen LogP contribution in [0.25, 0.3) is 0 Å². The molecule has 1 unspecified atom stereocenters. The van der Waals surface area contributed by atoms with Gasteiger partial charge in [0.2, 0.25) is 0 Å². The number of carbonyl (C=O) groups excluding carboxylic acids is 1. The molecule has 112 valence electrons. The van der Waals surface area contributed by atoms with Gasteiger partial charge in [-0.25, -0.2) is 4.79 Å². The van der Waals surface area contributed by atoms with Crippen molar-refractivity contribution in [3.8, 4) is 5.75 Å². The van der Waals surface area contributed by atoms with Crippen LogP contribution in [0.5, 0.6) is 5.75 Å². The molecular formula is C16H20N2O3. The highest BCUT2D eigenvalue weighted by atomic mass is 16.5. The van der Waals surface area contributed by atoms with Crippen molar-refractivity contribution < 1.29 is 13.9 Å². The first kappa shape index (κ1) is 15.0. The van der Waals surface area contributed by atoms with Crippen molar-refractivity contribution in [2.75, 3.05) is 11.9 Å². The molecule has 2 rings (SSSR count). The summed E-state index contributed by atoms with van der Waals surface area (Å²) >= 11 is 0. The number of urea groups is 1. The van der Waals surface area contributed by atoms with Crippen LogP contribution in [0.2, 0.25) is 0 Å². The summed E-state index contributed by atoms with van der Waals surface area (Å²) in [5.74, 6) is 1.64. The summed E-state index contributed by atoms with van der Waals surface area (Å²) in [6.45, 7) is 4.48. The number of ether oxygens (including phenoxy) is 1. The first-order chi connectivity index (χ1) is 10.2. The molecule has 2 amide bonds. The molecule has 0 radical (unpaired) electrons. The SMILES string of the molecule is CCOc1ccc(NC(=O)NC(C)Cc2ccco2)cc1. The maximum Gasteiger partial charge on any atom is 0.319 e. The number of anilines is 1. The van der Waals surface area contributed by atoms with Gasteiger partial charge in [-0.1, -0.05) is 0 Å². The Morgan fingerprint density at radius 1 is 1.29 bits per heavy atom. The Morgan fingerprint density at radius 2 is 2.05 bits per heavy atom. The summed E-state index contributed by atoms with van der Waals surface area (Å²) in [6, 6.07) is 10.7. The minimum absolute atomic E-state index is 0.0150. The van der Waals surface area contributed by atoms with Crippen LogP contribution < -0.4 is 15.4 Å². The third-order valence-electron chi connectivity index (χ3n) is 2.89. The number of rotatable bonds is 6. The monoisotopic (exact) mass is 288 g/mol. The van der Waals surface area contributed by atoms with Gasteiger partial charge in [0.05, 0.1) is 12.9 Å². The molecular weight excluding hydrogens is 268 g/mol. The van der Waals surface area contributed by atoms with E-state index in [4.69, 9.17) is 9.15 Å². The predicted octanol–water partition coefficient (Wildman–Crippen LogP) is 3.43. The Bertz CT molecular complexity index is 549. The number of benzene rings is 1. The van der Waals surface area contributed by atoms with Crippen LogP contribution in [-0.4, -0.2) is 18.7 Å². The fraction of sp³-hybridized carbons (Fsp3) is 0.312. The molecule has 21 heavy (non-hydrogen) atoms. The molecule has 1 aromatic heterocycles. The lowest BCUT2D eigenvalue weighted by molar-refractivity contribution is 0.248. The third kappa shape index (κ3) is 4.87. The standard InChI is InChI=1S/C16H20N2O3/c1-3-20-14-8-6-13(7-9-14)18-16(19)17-12(2)11-15-5-4-10-21-15/h4-10,12H,3,11H2,1-2H3,(H2,17,18,19). The van der Waals surface area contributed by atoms with Crippen molar-refractivity contribution in [3.63, 3.8) is 0 Å². The van der Waals surface area contributed by atoms with Crippen molar-refractivity contribution in [3.05, 3.63) is 48.4 Å². The van der Waals surface area contributed by atoms with Gasteiger partial charge in [-0.05, 0) is 50.2 Å². The van der Waals surface area contributed by atoms with E-state index < -0.39 is 0 Å². The molecule has 5 nitrogen and oxygen atoms in total.